The summed E-state index contributed by atoms with van der Waals surface area (Å²) >= 11 is 0. The standard InChI is InChI=1S/C23H23N3O5/c1-15(27)24-20(12-16-6-3-2-4-7-16)23(30)31-14-21(28)25-19-9-5-8-17(13-19)22(29)26-18-10-11-18/h2-9,12-13,18H,10-11,14H2,1H3,(H,24,27)(H,25,28)(H,26,29)/b20-12-. The number of nitrogens with one attached hydrogen (secondary N) is 3. The van der Waals surface area contributed by atoms with E-state index in [2.05, 4.69) is 16.0 Å². The molecule has 0 bridgehead atoms. The molecule has 0 radical (unpaired) electrons. The highest BCUT2D eigenvalue weighted by Crippen LogP contribution is 2.20. The van der Waals surface area contributed by atoms with Crippen molar-refractivity contribution in [1.82, 2.24) is 10.6 Å². The van der Waals surface area contributed by atoms with Crippen LogP contribution in [0.15, 0.2) is 60.3 Å². The van der Waals surface area contributed by atoms with E-state index in [1.165, 1.54) is 13.0 Å². The molecular formula is C23H23N3O5. The molecule has 1 saturated carbocycles. The molecule has 0 aliphatic heterocycles. The second kappa shape index (κ2) is 10.2. The molecule has 3 amide bonds. The van der Waals surface area contributed by atoms with E-state index in [9.17, 15) is 19.2 Å². The van der Waals surface area contributed by atoms with Gasteiger partial charge in [-0.15, -0.1) is 0 Å². The molecule has 3 rings (SSSR count). The zero-order valence-corrected chi connectivity index (χ0v) is 17.0. The molecule has 2 aromatic rings. The Hall–Kier alpha value is -3.94. The predicted molar refractivity (Wildman–Crippen MR) is 115 cm³/mol. The molecule has 0 aromatic heterocycles. The number of benzene rings is 2. The first-order valence-electron chi connectivity index (χ1n) is 9.83. The van der Waals surface area contributed by atoms with E-state index in [0.29, 0.717) is 16.8 Å². The summed E-state index contributed by atoms with van der Waals surface area (Å²) in [5, 5.41) is 7.88. The van der Waals surface area contributed by atoms with Crippen LogP contribution in [-0.4, -0.2) is 36.3 Å². The Morgan fingerprint density at radius 3 is 2.45 bits per heavy atom. The molecule has 160 valence electrons. The number of carbonyl (C=O) groups excluding carboxylic acids is 4. The van der Waals surface area contributed by atoms with Crippen LogP contribution in [0.1, 0.15) is 35.7 Å². The van der Waals surface area contributed by atoms with Crippen molar-refractivity contribution >= 4 is 35.5 Å². The van der Waals surface area contributed by atoms with E-state index in [1.54, 1.807) is 48.5 Å². The highest BCUT2D eigenvalue weighted by Gasteiger charge is 2.24. The van der Waals surface area contributed by atoms with Crippen LogP contribution < -0.4 is 16.0 Å². The normalized spacial score (nSPS) is 13.1. The molecule has 3 N–H and O–H groups in total. The van der Waals surface area contributed by atoms with E-state index in [-0.39, 0.29) is 17.6 Å². The summed E-state index contributed by atoms with van der Waals surface area (Å²) in [6, 6.07) is 15.6. The fourth-order valence-electron chi connectivity index (χ4n) is 2.69. The number of ether oxygens (including phenoxy) is 1. The summed E-state index contributed by atoms with van der Waals surface area (Å²) in [5.74, 6) is -2.05. The molecule has 0 saturated heterocycles. The zero-order chi connectivity index (χ0) is 22.2. The second-order valence-corrected chi connectivity index (χ2v) is 7.10. The Labute approximate surface area is 179 Å². The lowest BCUT2D eigenvalue weighted by Gasteiger charge is -2.10. The fourth-order valence-corrected chi connectivity index (χ4v) is 2.69. The molecule has 0 atom stereocenters. The predicted octanol–water partition coefficient (Wildman–Crippen LogP) is 2.24. The molecule has 31 heavy (non-hydrogen) atoms. The van der Waals surface area contributed by atoms with Crippen molar-refractivity contribution in [2.75, 3.05) is 11.9 Å². The van der Waals surface area contributed by atoms with Crippen molar-refractivity contribution < 1.29 is 23.9 Å². The van der Waals surface area contributed by atoms with Crippen molar-refractivity contribution in [2.45, 2.75) is 25.8 Å². The topological polar surface area (TPSA) is 114 Å². The van der Waals surface area contributed by atoms with Crippen LogP contribution in [0.4, 0.5) is 5.69 Å². The lowest BCUT2D eigenvalue weighted by atomic mass is 10.2. The Morgan fingerprint density at radius 1 is 1.03 bits per heavy atom. The Bertz CT molecular complexity index is 1010. The van der Waals surface area contributed by atoms with Gasteiger partial charge in [-0.1, -0.05) is 36.4 Å². The van der Waals surface area contributed by atoms with Crippen LogP contribution in [0.25, 0.3) is 6.08 Å². The van der Waals surface area contributed by atoms with Gasteiger partial charge in [0.25, 0.3) is 11.8 Å². The Kier molecular flexibility index (Phi) is 7.16. The lowest BCUT2D eigenvalue weighted by molar-refractivity contribution is -0.144. The maximum Gasteiger partial charge on any atom is 0.355 e. The van der Waals surface area contributed by atoms with Crippen molar-refractivity contribution in [3.63, 3.8) is 0 Å². The minimum Gasteiger partial charge on any atom is -0.451 e. The third kappa shape index (κ3) is 7.11. The zero-order valence-electron chi connectivity index (χ0n) is 17.0. The fraction of sp³-hybridized carbons (Fsp3) is 0.217. The summed E-state index contributed by atoms with van der Waals surface area (Å²) in [6.07, 6.45) is 3.42. The monoisotopic (exact) mass is 421 g/mol. The molecule has 8 heteroatoms. The first kappa shape index (κ1) is 21.8. The molecule has 0 heterocycles. The summed E-state index contributed by atoms with van der Waals surface area (Å²) in [6.45, 7) is 0.716. The van der Waals surface area contributed by atoms with E-state index >= 15 is 0 Å². The molecule has 8 nitrogen and oxygen atoms in total. The van der Waals surface area contributed by atoms with Gasteiger partial charge in [0.15, 0.2) is 6.61 Å². The molecule has 2 aromatic carbocycles. The molecule has 0 spiro atoms. The number of esters is 1. The van der Waals surface area contributed by atoms with E-state index in [1.807, 2.05) is 6.07 Å². The van der Waals surface area contributed by atoms with E-state index in [4.69, 9.17) is 4.74 Å². The van der Waals surface area contributed by atoms with Gasteiger partial charge in [0.1, 0.15) is 5.70 Å². The number of amides is 3. The van der Waals surface area contributed by atoms with Gasteiger partial charge < -0.3 is 20.7 Å². The number of hydrogen-bond acceptors (Lipinski definition) is 5. The van der Waals surface area contributed by atoms with Gasteiger partial charge >= 0.3 is 5.97 Å². The third-order valence-corrected chi connectivity index (χ3v) is 4.30. The minimum atomic E-state index is -0.841. The Morgan fingerprint density at radius 2 is 1.77 bits per heavy atom. The van der Waals surface area contributed by atoms with Gasteiger partial charge in [-0.25, -0.2) is 4.79 Å². The quantitative estimate of drug-likeness (QED) is 0.447. The van der Waals surface area contributed by atoms with E-state index < -0.39 is 24.4 Å². The molecule has 1 aliphatic carbocycles. The highest BCUT2D eigenvalue weighted by molar-refractivity contribution is 6.00. The Balaban J connectivity index is 1.57. The maximum absolute atomic E-state index is 12.4. The minimum absolute atomic E-state index is 0.0785. The van der Waals surface area contributed by atoms with Crippen LogP contribution >= 0.6 is 0 Å². The number of carbonyl (C=O) groups is 4. The van der Waals surface area contributed by atoms with Crippen molar-refractivity contribution in [1.29, 1.82) is 0 Å². The third-order valence-electron chi connectivity index (χ3n) is 4.30. The van der Waals surface area contributed by atoms with Gasteiger partial charge in [-0.3, -0.25) is 14.4 Å². The second-order valence-electron chi connectivity index (χ2n) is 7.10. The summed E-state index contributed by atoms with van der Waals surface area (Å²) in [7, 11) is 0. The van der Waals surface area contributed by atoms with Crippen molar-refractivity contribution in [2.24, 2.45) is 0 Å². The SMILES string of the molecule is CC(=O)N/C(=C\c1ccccc1)C(=O)OCC(=O)Nc1cccc(C(=O)NC2CC2)c1. The maximum atomic E-state index is 12.4. The van der Waals surface area contributed by atoms with Crippen molar-refractivity contribution in [3.05, 3.63) is 71.4 Å². The summed E-state index contributed by atoms with van der Waals surface area (Å²) in [4.78, 5) is 48.1. The van der Waals surface area contributed by atoms with Crippen LogP contribution in [0.3, 0.4) is 0 Å². The number of rotatable bonds is 8. The molecular weight excluding hydrogens is 398 g/mol. The van der Waals surface area contributed by atoms with Gasteiger partial charge in [0.05, 0.1) is 0 Å². The number of hydrogen-bond donors (Lipinski definition) is 3. The van der Waals surface area contributed by atoms with Crippen LogP contribution in [0.5, 0.6) is 0 Å². The van der Waals surface area contributed by atoms with Crippen LogP contribution in [0.2, 0.25) is 0 Å². The summed E-state index contributed by atoms with van der Waals surface area (Å²) < 4.78 is 5.04. The van der Waals surface area contributed by atoms with Gasteiger partial charge in [0, 0.05) is 24.2 Å². The van der Waals surface area contributed by atoms with Crippen LogP contribution in [-0.2, 0) is 19.1 Å². The highest BCUT2D eigenvalue weighted by atomic mass is 16.5. The van der Waals surface area contributed by atoms with Crippen molar-refractivity contribution in [3.8, 4) is 0 Å². The van der Waals surface area contributed by atoms with E-state index in [0.717, 1.165) is 12.8 Å². The molecule has 0 unspecified atom stereocenters. The van der Waals surface area contributed by atoms with Crippen LogP contribution in [0, 0.1) is 0 Å². The van der Waals surface area contributed by atoms with Gasteiger partial charge in [0.2, 0.25) is 5.91 Å². The average Bonchev–Trinajstić information content (AvgIpc) is 3.56. The molecule has 1 aliphatic rings. The summed E-state index contributed by atoms with van der Waals surface area (Å²) in [5.41, 5.74) is 1.45. The molecule has 1 fully saturated rings. The number of anilines is 1. The smallest absolute Gasteiger partial charge is 0.355 e. The lowest BCUT2D eigenvalue weighted by Crippen LogP contribution is -2.29. The first-order valence-corrected chi connectivity index (χ1v) is 9.83. The largest absolute Gasteiger partial charge is 0.451 e. The average molecular weight is 421 g/mol. The first-order chi connectivity index (χ1) is 14.9. The van der Waals surface area contributed by atoms with Gasteiger partial charge in [-0.2, -0.15) is 0 Å². The van der Waals surface area contributed by atoms with Gasteiger partial charge in [-0.05, 0) is 42.7 Å².